The van der Waals surface area contributed by atoms with E-state index in [0.717, 1.165) is 11.3 Å². The summed E-state index contributed by atoms with van der Waals surface area (Å²) in [7, 11) is 0. The molecule has 1 aromatic carbocycles. The summed E-state index contributed by atoms with van der Waals surface area (Å²) in [5, 5.41) is 0. The molecule has 0 radical (unpaired) electrons. The zero-order valence-electron chi connectivity index (χ0n) is 13.3. The Morgan fingerprint density at radius 2 is 1.60 bits per heavy atom. The number of allylic oxidation sites excluding steroid dienone is 2. The van der Waals surface area contributed by atoms with E-state index in [1.807, 2.05) is 0 Å². The molecule has 3 fully saturated rings. The Morgan fingerprint density at radius 3 is 2.16 bits per heavy atom. The van der Waals surface area contributed by atoms with E-state index >= 15 is 0 Å². The minimum atomic E-state index is -0.697. The number of carbonyl (C=O) groups is 3. The number of amides is 2. The highest BCUT2D eigenvalue weighted by Gasteiger charge is 2.67. The van der Waals surface area contributed by atoms with Crippen LogP contribution in [0.5, 0.6) is 5.75 Å². The van der Waals surface area contributed by atoms with Crippen molar-refractivity contribution in [3.05, 3.63) is 42.2 Å². The van der Waals surface area contributed by atoms with Crippen molar-refractivity contribution in [3.63, 3.8) is 0 Å². The molecular formula is C19H16FNO4. The van der Waals surface area contributed by atoms with Crippen molar-refractivity contribution in [2.75, 3.05) is 6.54 Å². The van der Waals surface area contributed by atoms with E-state index in [9.17, 15) is 18.8 Å². The van der Waals surface area contributed by atoms with Crippen LogP contribution in [-0.2, 0) is 14.4 Å². The predicted octanol–water partition coefficient (Wildman–Crippen LogP) is 1.78. The van der Waals surface area contributed by atoms with Crippen molar-refractivity contribution in [3.8, 4) is 5.75 Å². The average Bonchev–Trinajstić information content (AvgIpc) is 3.38. The van der Waals surface area contributed by atoms with Crippen LogP contribution in [0.1, 0.15) is 6.42 Å². The number of nitrogens with zero attached hydrogens (tertiary/aromatic N) is 1. The second-order valence-electron chi connectivity index (χ2n) is 7.35. The lowest BCUT2D eigenvalue weighted by Crippen LogP contribution is -2.40. The van der Waals surface area contributed by atoms with Crippen LogP contribution in [0.3, 0.4) is 0 Å². The van der Waals surface area contributed by atoms with Gasteiger partial charge in [0, 0.05) is 0 Å². The van der Waals surface area contributed by atoms with Crippen LogP contribution in [0, 0.1) is 41.3 Å². The van der Waals surface area contributed by atoms with Crippen molar-refractivity contribution in [1.29, 1.82) is 0 Å². The molecule has 1 aromatic rings. The van der Waals surface area contributed by atoms with E-state index in [2.05, 4.69) is 12.2 Å². The molecule has 6 atom stereocenters. The third-order valence-electron chi connectivity index (χ3n) is 6.09. The first-order valence-electron chi connectivity index (χ1n) is 8.54. The molecule has 6 rings (SSSR count). The molecule has 6 heteroatoms. The van der Waals surface area contributed by atoms with Gasteiger partial charge in [-0.3, -0.25) is 14.5 Å². The minimum absolute atomic E-state index is 0.134. The summed E-state index contributed by atoms with van der Waals surface area (Å²) in [4.78, 5) is 38.7. The molecule has 1 heterocycles. The van der Waals surface area contributed by atoms with Crippen molar-refractivity contribution in [2.45, 2.75) is 6.42 Å². The van der Waals surface area contributed by atoms with Crippen LogP contribution >= 0.6 is 0 Å². The van der Waals surface area contributed by atoms with Crippen LogP contribution in [-0.4, -0.2) is 29.2 Å². The number of ether oxygens (including phenoxy) is 1. The number of imide groups is 1. The molecule has 0 spiro atoms. The topological polar surface area (TPSA) is 63.7 Å². The monoisotopic (exact) mass is 341 g/mol. The van der Waals surface area contributed by atoms with Crippen molar-refractivity contribution < 1.29 is 23.5 Å². The van der Waals surface area contributed by atoms with Gasteiger partial charge in [-0.05, 0) is 54.4 Å². The third-order valence-corrected chi connectivity index (χ3v) is 6.09. The van der Waals surface area contributed by atoms with Crippen LogP contribution in [0.15, 0.2) is 36.4 Å². The Labute approximate surface area is 143 Å². The first-order valence-corrected chi connectivity index (χ1v) is 8.54. The maximum absolute atomic E-state index is 12.9. The summed E-state index contributed by atoms with van der Waals surface area (Å²) in [6.45, 7) is -0.392. The van der Waals surface area contributed by atoms with Gasteiger partial charge in [-0.1, -0.05) is 12.2 Å². The highest BCUT2D eigenvalue weighted by molar-refractivity contribution is 6.08. The van der Waals surface area contributed by atoms with Gasteiger partial charge < -0.3 is 4.74 Å². The number of benzene rings is 1. The molecule has 5 aliphatic rings. The number of halogens is 1. The molecule has 4 aliphatic carbocycles. The fourth-order valence-corrected chi connectivity index (χ4v) is 4.97. The number of hydrogen-bond acceptors (Lipinski definition) is 4. The average molecular weight is 341 g/mol. The maximum Gasteiger partial charge on any atom is 0.331 e. The molecule has 5 nitrogen and oxygen atoms in total. The van der Waals surface area contributed by atoms with Gasteiger partial charge in [-0.2, -0.15) is 0 Å². The Hall–Kier alpha value is -2.50. The SMILES string of the molecule is O=C(CN1C(=O)[C@@H]2[C@H]3C=C[C@H]([C@H]4C[C@H]34)[C@@H]2C1=O)Oc1ccc(F)cc1. The second kappa shape index (κ2) is 5.00. The van der Waals surface area contributed by atoms with Gasteiger partial charge in [0.1, 0.15) is 18.1 Å². The molecule has 2 bridgehead atoms. The molecule has 0 unspecified atom stereocenters. The number of esters is 1. The van der Waals surface area contributed by atoms with Crippen molar-refractivity contribution >= 4 is 17.8 Å². The van der Waals surface area contributed by atoms with Gasteiger partial charge in [0.2, 0.25) is 11.8 Å². The lowest BCUT2D eigenvalue weighted by atomic mass is 9.63. The Kier molecular flexibility index (Phi) is 2.96. The van der Waals surface area contributed by atoms with Gasteiger partial charge in [0.15, 0.2) is 0 Å². The highest BCUT2D eigenvalue weighted by Crippen LogP contribution is 2.65. The minimum Gasteiger partial charge on any atom is -0.425 e. The molecule has 25 heavy (non-hydrogen) atoms. The van der Waals surface area contributed by atoms with E-state index in [1.54, 1.807) is 0 Å². The quantitative estimate of drug-likeness (QED) is 0.364. The van der Waals surface area contributed by atoms with Gasteiger partial charge in [-0.25, -0.2) is 9.18 Å². The lowest BCUT2D eigenvalue weighted by molar-refractivity contribution is -0.148. The number of carbonyl (C=O) groups excluding carboxylic acids is 3. The second-order valence-corrected chi connectivity index (χ2v) is 7.35. The van der Waals surface area contributed by atoms with E-state index in [0.29, 0.717) is 11.8 Å². The smallest absolute Gasteiger partial charge is 0.331 e. The summed E-state index contributed by atoms with van der Waals surface area (Å²) in [5.41, 5.74) is 0. The van der Waals surface area contributed by atoms with Crippen molar-refractivity contribution in [1.82, 2.24) is 4.90 Å². The van der Waals surface area contributed by atoms with Crippen LogP contribution < -0.4 is 4.74 Å². The first-order chi connectivity index (χ1) is 12.0. The third kappa shape index (κ3) is 2.09. The number of hydrogen-bond donors (Lipinski definition) is 0. The van der Waals surface area contributed by atoms with Crippen molar-refractivity contribution in [2.24, 2.45) is 35.5 Å². The molecule has 2 saturated carbocycles. The fraction of sp³-hybridized carbons (Fsp3) is 0.421. The molecule has 2 amide bonds. The van der Waals surface area contributed by atoms with Gasteiger partial charge in [0.25, 0.3) is 0 Å². The summed E-state index contributed by atoms with van der Waals surface area (Å²) in [6.07, 6.45) is 5.28. The molecule has 0 N–H and O–H groups in total. The van der Waals surface area contributed by atoms with E-state index in [4.69, 9.17) is 4.74 Å². The molecule has 0 aromatic heterocycles. The zero-order chi connectivity index (χ0) is 17.3. The fourth-order valence-electron chi connectivity index (χ4n) is 4.97. The summed E-state index contributed by atoms with van der Waals surface area (Å²) in [5.74, 6) is -0.762. The van der Waals surface area contributed by atoms with E-state index < -0.39 is 18.3 Å². The van der Waals surface area contributed by atoms with Gasteiger partial charge >= 0.3 is 5.97 Å². The first kappa shape index (κ1) is 14.8. The summed E-state index contributed by atoms with van der Waals surface area (Å²) >= 11 is 0. The number of likely N-dealkylation sites (tertiary alicyclic amines) is 1. The molecule has 1 aliphatic heterocycles. The van der Waals surface area contributed by atoms with E-state index in [-0.39, 0.29) is 41.2 Å². The Balaban J connectivity index is 1.32. The van der Waals surface area contributed by atoms with Crippen LogP contribution in [0.4, 0.5) is 4.39 Å². The summed E-state index contributed by atoms with van der Waals surface area (Å²) in [6, 6.07) is 5.02. The Bertz CT molecular complexity index is 781. The van der Waals surface area contributed by atoms with Crippen LogP contribution in [0.25, 0.3) is 0 Å². The van der Waals surface area contributed by atoms with Gasteiger partial charge in [-0.15, -0.1) is 0 Å². The molecular weight excluding hydrogens is 325 g/mol. The maximum atomic E-state index is 12.9. The molecule has 1 saturated heterocycles. The van der Waals surface area contributed by atoms with E-state index in [1.165, 1.54) is 24.3 Å². The van der Waals surface area contributed by atoms with Gasteiger partial charge in [0.05, 0.1) is 11.8 Å². The zero-order valence-corrected chi connectivity index (χ0v) is 13.3. The number of rotatable bonds is 3. The summed E-state index contributed by atoms with van der Waals surface area (Å²) < 4.78 is 18.0. The standard InChI is InChI=1S/C19H16FNO4/c20-9-1-3-10(4-2-9)25-15(22)8-21-18(23)16-11-5-6-12(14-7-13(11)14)17(16)19(21)24/h1-6,11-14,16-17H,7-8H2/t11-,12+,13-,14-,16+,17-/m1/s1. The normalized spacial score (nSPS) is 37.1. The molecule has 128 valence electrons. The largest absolute Gasteiger partial charge is 0.425 e. The Morgan fingerprint density at radius 1 is 1.04 bits per heavy atom. The van der Waals surface area contributed by atoms with Crippen LogP contribution in [0.2, 0.25) is 0 Å². The lowest BCUT2D eigenvalue weighted by Gasteiger charge is -2.37. The predicted molar refractivity (Wildman–Crippen MR) is 83.5 cm³/mol. The highest BCUT2D eigenvalue weighted by atomic mass is 19.1.